The third-order valence-corrected chi connectivity index (χ3v) is 8.15. The Balaban J connectivity index is 1.35. The fourth-order valence-electron chi connectivity index (χ4n) is 3.77. The summed E-state index contributed by atoms with van der Waals surface area (Å²) >= 11 is 1.20. The normalized spacial score (nSPS) is 15.0. The number of amides is 1. The summed E-state index contributed by atoms with van der Waals surface area (Å²) in [5.41, 5.74) is 1.88. The summed E-state index contributed by atoms with van der Waals surface area (Å²) in [6.07, 6.45) is -1.07. The first-order valence-electron chi connectivity index (χ1n) is 11.0. The monoisotopic (exact) mass is 522 g/mol. The van der Waals surface area contributed by atoms with Crippen molar-refractivity contribution in [2.75, 3.05) is 23.3 Å². The maximum Gasteiger partial charge on any atom is 0.269 e. The average Bonchev–Trinajstić information content (AvgIpc) is 3.36. The molecule has 1 aliphatic heterocycles. The molecule has 11 heteroatoms. The molecule has 1 unspecified atom stereocenters. The van der Waals surface area contributed by atoms with Gasteiger partial charge in [-0.2, -0.15) is 0 Å². The molecule has 1 atom stereocenters. The first-order chi connectivity index (χ1) is 17.4. The van der Waals surface area contributed by atoms with Crippen LogP contribution in [0.4, 0.5) is 10.8 Å². The minimum Gasteiger partial charge on any atom is -0.497 e. The number of carbonyl (C=O) groups excluding carboxylic acids is 1. The summed E-state index contributed by atoms with van der Waals surface area (Å²) in [5.74, 6) is 0.329. The van der Waals surface area contributed by atoms with Gasteiger partial charge < -0.3 is 9.47 Å². The van der Waals surface area contributed by atoms with Crippen molar-refractivity contribution in [1.82, 2.24) is 10.2 Å². The molecule has 5 rings (SSSR count). The summed E-state index contributed by atoms with van der Waals surface area (Å²) in [7, 11) is -2.20. The van der Waals surface area contributed by atoms with Crippen molar-refractivity contribution in [1.29, 1.82) is 0 Å². The molecule has 0 spiro atoms. The van der Waals surface area contributed by atoms with Crippen molar-refractivity contribution in [3.8, 4) is 22.1 Å². The number of para-hydroxylation sites is 2. The highest BCUT2D eigenvalue weighted by atomic mass is 32.2. The quantitative estimate of drug-likeness (QED) is 0.391. The highest BCUT2D eigenvalue weighted by Crippen LogP contribution is 2.36. The topological polar surface area (TPSA) is 111 Å². The third kappa shape index (κ3) is 5.02. The van der Waals surface area contributed by atoms with Crippen LogP contribution in [-0.2, 0) is 20.6 Å². The van der Waals surface area contributed by atoms with E-state index in [-0.39, 0.29) is 17.4 Å². The second kappa shape index (κ2) is 9.96. The zero-order chi connectivity index (χ0) is 25.1. The van der Waals surface area contributed by atoms with Gasteiger partial charge in [0.25, 0.3) is 5.91 Å². The maximum atomic E-state index is 13.4. The smallest absolute Gasteiger partial charge is 0.269 e. The van der Waals surface area contributed by atoms with Crippen LogP contribution in [-0.4, -0.2) is 44.3 Å². The Kier molecular flexibility index (Phi) is 6.57. The lowest BCUT2D eigenvalue weighted by Crippen LogP contribution is -2.49. The van der Waals surface area contributed by atoms with E-state index in [9.17, 15) is 13.2 Å². The summed E-state index contributed by atoms with van der Waals surface area (Å²) in [5, 5.41) is 11.8. The Morgan fingerprint density at radius 2 is 1.78 bits per heavy atom. The van der Waals surface area contributed by atoms with E-state index < -0.39 is 22.0 Å². The van der Waals surface area contributed by atoms with E-state index >= 15 is 0 Å². The second-order valence-corrected chi connectivity index (χ2v) is 10.8. The summed E-state index contributed by atoms with van der Waals surface area (Å²) in [4.78, 5) is 13.1. The number of hydrogen-bond donors (Lipinski definition) is 1. The molecule has 2 heterocycles. The number of rotatable bonds is 7. The van der Waals surface area contributed by atoms with Gasteiger partial charge in [-0.3, -0.25) is 14.4 Å². The van der Waals surface area contributed by atoms with Gasteiger partial charge in [0.1, 0.15) is 16.5 Å². The molecule has 0 saturated carbocycles. The Labute approximate surface area is 212 Å². The molecule has 0 bridgehead atoms. The van der Waals surface area contributed by atoms with E-state index in [1.807, 2.05) is 30.3 Å². The van der Waals surface area contributed by atoms with Crippen molar-refractivity contribution in [3.05, 3.63) is 84.4 Å². The largest absolute Gasteiger partial charge is 0.497 e. The van der Waals surface area contributed by atoms with Gasteiger partial charge in [0.15, 0.2) is 6.10 Å². The van der Waals surface area contributed by atoms with Crippen LogP contribution in [0.5, 0.6) is 11.5 Å². The third-order valence-electron chi connectivity index (χ3n) is 5.55. The van der Waals surface area contributed by atoms with E-state index in [4.69, 9.17) is 9.47 Å². The number of carbonyl (C=O) groups is 1. The lowest BCUT2D eigenvalue weighted by molar-refractivity contribution is -0.122. The molecule has 1 aliphatic rings. The van der Waals surface area contributed by atoms with E-state index in [1.54, 1.807) is 55.6 Å². The van der Waals surface area contributed by atoms with Gasteiger partial charge in [0.2, 0.25) is 15.2 Å². The number of aromatic nitrogens is 2. The first-order valence-corrected chi connectivity index (χ1v) is 13.4. The van der Waals surface area contributed by atoms with Crippen LogP contribution in [0.2, 0.25) is 0 Å². The number of ether oxygens (including phenoxy) is 2. The summed E-state index contributed by atoms with van der Waals surface area (Å²) < 4.78 is 39.0. The number of nitrogens with zero attached hydrogens (tertiary/aromatic N) is 3. The van der Waals surface area contributed by atoms with E-state index in [0.29, 0.717) is 22.0 Å². The number of nitrogens with one attached hydrogen (secondary N) is 1. The molecule has 9 nitrogen and oxygen atoms in total. The fraction of sp³-hybridized carbons (Fsp3) is 0.160. The lowest BCUT2D eigenvalue weighted by Gasteiger charge is -2.34. The average molecular weight is 523 g/mol. The van der Waals surface area contributed by atoms with Gasteiger partial charge in [0, 0.05) is 5.56 Å². The Bertz CT molecular complexity index is 1470. The van der Waals surface area contributed by atoms with Crippen molar-refractivity contribution in [2.24, 2.45) is 0 Å². The Hall–Kier alpha value is -3.96. The molecular weight excluding hydrogens is 500 g/mol. The van der Waals surface area contributed by atoms with Crippen molar-refractivity contribution in [2.45, 2.75) is 11.9 Å². The number of methoxy groups -OCH3 is 1. The van der Waals surface area contributed by atoms with Crippen molar-refractivity contribution < 1.29 is 22.7 Å². The van der Waals surface area contributed by atoms with E-state index in [0.717, 1.165) is 11.3 Å². The number of benzene rings is 3. The first kappa shape index (κ1) is 23.8. The Morgan fingerprint density at radius 3 is 2.53 bits per heavy atom. The molecule has 0 fully saturated rings. The van der Waals surface area contributed by atoms with Crippen LogP contribution in [0.15, 0.2) is 78.9 Å². The van der Waals surface area contributed by atoms with Crippen LogP contribution in [0.3, 0.4) is 0 Å². The molecule has 1 amide bonds. The number of hydrogen-bond acceptors (Lipinski definition) is 8. The molecule has 0 saturated heterocycles. The highest BCUT2D eigenvalue weighted by Gasteiger charge is 2.37. The molecule has 0 aliphatic carbocycles. The predicted octanol–water partition coefficient (Wildman–Crippen LogP) is 3.95. The van der Waals surface area contributed by atoms with Crippen molar-refractivity contribution in [3.63, 3.8) is 0 Å². The van der Waals surface area contributed by atoms with Gasteiger partial charge >= 0.3 is 0 Å². The molecule has 184 valence electrons. The highest BCUT2D eigenvalue weighted by molar-refractivity contribution is 7.92. The molecule has 1 N–H and O–H groups in total. The van der Waals surface area contributed by atoms with E-state index in [2.05, 4.69) is 15.5 Å². The standard InChI is InChI=1S/C25H22N4O5S2/c1-33-19-13-11-18(12-14-19)24-27-28-25(35-24)26-23(30)22-15-29(20-9-5-6-10-21(20)34-22)36(31,32)16-17-7-3-2-4-8-17/h2-14,22H,15-16H2,1H3,(H,26,28,30). The van der Waals surface area contributed by atoms with Gasteiger partial charge in [-0.05, 0) is 42.0 Å². The van der Waals surface area contributed by atoms with Gasteiger partial charge in [-0.15, -0.1) is 10.2 Å². The maximum absolute atomic E-state index is 13.4. The van der Waals surface area contributed by atoms with Crippen LogP contribution >= 0.6 is 11.3 Å². The molecule has 1 aromatic heterocycles. The second-order valence-electron chi connectivity index (χ2n) is 7.98. The fourth-order valence-corrected chi connectivity index (χ4v) is 6.11. The van der Waals surface area contributed by atoms with Gasteiger partial charge in [0.05, 0.1) is 25.1 Å². The van der Waals surface area contributed by atoms with Crippen LogP contribution in [0.25, 0.3) is 10.6 Å². The van der Waals surface area contributed by atoms with Gasteiger partial charge in [-0.25, -0.2) is 8.42 Å². The summed E-state index contributed by atoms with van der Waals surface area (Å²) in [6, 6.07) is 23.0. The molecule has 0 radical (unpaired) electrons. The molecule has 3 aromatic carbocycles. The number of fused-ring (bicyclic) bond motifs is 1. The predicted molar refractivity (Wildman–Crippen MR) is 138 cm³/mol. The zero-order valence-corrected chi connectivity index (χ0v) is 20.8. The van der Waals surface area contributed by atoms with Crippen LogP contribution in [0, 0.1) is 0 Å². The SMILES string of the molecule is COc1ccc(-c2nnc(NC(=O)C3CN(S(=O)(=O)Cc4ccccc4)c4ccccc4O3)s2)cc1. The zero-order valence-electron chi connectivity index (χ0n) is 19.2. The molecule has 36 heavy (non-hydrogen) atoms. The van der Waals surface area contributed by atoms with Crippen LogP contribution < -0.4 is 19.1 Å². The van der Waals surface area contributed by atoms with Crippen molar-refractivity contribution >= 4 is 38.1 Å². The summed E-state index contributed by atoms with van der Waals surface area (Å²) in [6.45, 7) is -0.165. The number of anilines is 2. The minimum atomic E-state index is -3.79. The minimum absolute atomic E-state index is 0.165. The number of sulfonamides is 1. The molecule has 4 aromatic rings. The van der Waals surface area contributed by atoms with E-state index in [1.165, 1.54) is 15.6 Å². The molecular formula is C25H22N4O5S2. The van der Waals surface area contributed by atoms with Crippen LogP contribution in [0.1, 0.15) is 5.56 Å². The Morgan fingerprint density at radius 1 is 1.06 bits per heavy atom. The lowest BCUT2D eigenvalue weighted by atomic mass is 10.2. The van der Waals surface area contributed by atoms with Gasteiger partial charge in [-0.1, -0.05) is 53.8 Å².